The molecule has 0 unspecified atom stereocenters. The second-order valence-electron chi connectivity index (χ2n) is 4.22. The number of anilines is 1. The third kappa shape index (κ3) is 4.53. The molecule has 0 atom stereocenters. The first kappa shape index (κ1) is 15.9. The van der Waals surface area contributed by atoms with Crippen LogP contribution < -0.4 is 10.2 Å². The van der Waals surface area contributed by atoms with Crippen molar-refractivity contribution in [1.29, 1.82) is 0 Å². The molecule has 1 heterocycles. The van der Waals surface area contributed by atoms with E-state index in [1.807, 2.05) is 11.8 Å². The normalized spacial score (nSPS) is 9.95. The Balaban J connectivity index is 2.81. The summed E-state index contributed by atoms with van der Waals surface area (Å²) in [6, 6.07) is 3.39. The summed E-state index contributed by atoms with van der Waals surface area (Å²) in [6.45, 7) is 5.09. The number of nitrogens with zero attached hydrogens (tertiary/aromatic N) is 2. The minimum absolute atomic E-state index is 0.0743. The van der Waals surface area contributed by atoms with E-state index in [9.17, 15) is 9.59 Å². The predicted octanol–water partition coefficient (Wildman–Crippen LogP) is 1.22. The van der Waals surface area contributed by atoms with Crippen molar-refractivity contribution in [3.05, 3.63) is 23.9 Å². The molecular weight excluding hydrogens is 258 g/mol. The summed E-state index contributed by atoms with van der Waals surface area (Å²) in [5.41, 5.74) is 0.409. The maximum Gasteiger partial charge on any atom is 0.339 e. The molecule has 1 amide bonds. The van der Waals surface area contributed by atoms with E-state index in [4.69, 9.17) is 4.74 Å². The summed E-state index contributed by atoms with van der Waals surface area (Å²) in [6.07, 6.45) is 2.37. The fourth-order valence-corrected chi connectivity index (χ4v) is 1.71. The van der Waals surface area contributed by atoms with Crippen LogP contribution in [-0.2, 0) is 9.53 Å². The molecule has 0 aliphatic carbocycles. The largest absolute Gasteiger partial charge is 0.462 e. The van der Waals surface area contributed by atoms with Crippen LogP contribution in [0.25, 0.3) is 0 Å². The molecule has 6 heteroatoms. The maximum absolute atomic E-state index is 11.5. The topological polar surface area (TPSA) is 71.5 Å². The van der Waals surface area contributed by atoms with Gasteiger partial charge in [0.2, 0.25) is 5.91 Å². The molecule has 0 saturated heterocycles. The second-order valence-corrected chi connectivity index (χ2v) is 4.22. The Morgan fingerprint density at radius 1 is 1.35 bits per heavy atom. The molecular formula is C14H21N3O3. The van der Waals surface area contributed by atoms with Gasteiger partial charge in [0.15, 0.2) is 0 Å². The van der Waals surface area contributed by atoms with Crippen LogP contribution in [0.1, 0.15) is 30.6 Å². The molecule has 0 aliphatic rings. The van der Waals surface area contributed by atoms with Crippen LogP contribution in [0.3, 0.4) is 0 Å². The molecule has 0 aromatic carbocycles. The summed E-state index contributed by atoms with van der Waals surface area (Å²) < 4.78 is 4.90. The number of hydrogen-bond acceptors (Lipinski definition) is 5. The van der Waals surface area contributed by atoms with Crippen LogP contribution in [0.4, 0.5) is 5.82 Å². The Labute approximate surface area is 119 Å². The van der Waals surface area contributed by atoms with Gasteiger partial charge in [-0.25, -0.2) is 9.78 Å². The van der Waals surface area contributed by atoms with Crippen molar-refractivity contribution < 1.29 is 14.3 Å². The lowest BCUT2D eigenvalue weighted by atomic mass is 10.2. The first-order valence-electron chi connectivity index (χ1n) is 6.71. The molecule has 1 rings (SSSR count). The second kappa shape index (κ2) is 8.14. The first-order chi connectivity index (χ1) is 9.62. The van der Waals surface area contributed by atoms with E-state index in [1.54, 1.807) is 26.1 Å². The highest BCUT2D eigenvalue weighted by Crippen LogP contribution is 2.12. The number of carbonyl (C=O) groups is 2. The summed E-state index contributed by atoms with van der Waals surface area (Å²) in [7, 11) is 1.60. The molecule has 1 aromatic heterocycles. The lowest BCUT2D eigenvalue weighted by molar-refractivity contribution is -0.119. The summed E-state index contributed by atoms with van der Waals surface area (Å²) in [5.74, 6) is 0.207. The third-order valence-corrected chi connectivity index (χ3v) is 2.69. The molecule has 0 bridgehead atoms. The Hall–Kier alpha value is -2.11. The number of ether oxygens (including phenoxy) is 1. The van der Waals surface area contributed by atoms with E-state index in [2.05, 4.69) is 10.3 Å². The van der Waals surface area contributed by atoms with E-state index < -0.39 is 0 Å². The Morgan fingerprint density at radius 3 is 2.60 bits per heavy atom. The van der Waals surface area contributed by atoms with Crippen LogP contribution in [-0.4, -0.2) is 43.6 Å². The zero-order valence-electron chi connectivity index (χ0n) is 12.2. The van der Waals surface area contributed by atoms with Gasteiger partial charge in [-0.3, -0.25) is 4.79 Å². The molecule has 110 valence electrons. The lowest BCUT2D eigenvalue weighted by Gasteiger charge is -2.22. The van der Waals surface area contributed by atoms with Gasteiger partial charge in [0.25, 0.3) is 0 Å². The molecule has 0 radical (unpaired) electrons. The van der Waals surface area contributed by atoms with Crippen molar-refractivity contribution in [2.24, 2.45) is 0 Å². The van der Waals surface area contributed by atoms with E-state index >= 15 is 0 Å². The molecule has 1 N–H and O–H groups in total. The van der Waals surface area contributed by atoms with Crippen LogP contribution in [0.5, 0.6) is 0 Å². The van der Waals surface area contributed by atoms with Crippen LogP contribution in [0.2, 0.25) is 0 Å². The number of hydrogen-bond donors (Lipinski definition) is 1. The SMILES string of the molecule is CCCN(CC(=O)NC)c1ccc(C(=O)OCC)cn1. The van der Waals surface area contributed by atoms with Crippen molar-refractivity contribution in [3.8, 4) is 0 Å². The Morgan fingerprint density at radius 2 is 2.10 bits per heavy atom. The quantitative estimate of drug-likeness (QED) is 0.760. The average molecular weight is 279 g/mol. The molecule has 0 spiro atoms. The zero-order chi connectivity index (χ0) is 15.0. The van der Waals surface area contributed by atoms with E-state index in [0.717, 1.165) is 13.0 Å². The van der Waals surface area contributed by atoms with E-state index in [0.29, 0.717) is 18.0 Å². The Bertz CT molecular complexity index is 445. The maximum atomic E-state index is 11.5. The highest BCUT2D eigenvalue weighted by molar-refractivity contribution is 5.89. The molecule has 0 fully saturated rings. The first-order valence-corrected chi connectivity index (χ1v) is 6.71. The standard InChI is InChI=1S/C14H21N3O3/c1-4-8-17(10-13(18)15-3)12-7-6-11(9-16-12)14(19)20-5-2/h6-7,9H,4-5,8,10H2,1-3H3,(H,15,18). The molecule has 6 nitrogen and oxygen atoms in total. The highest BCUT2D eigenvalue weighted by Gasteiger charge is 2.12. The number of nitrogens with one attached hydrogen (secondary N) is 1. The number of amides is 1. The number of esters is 1. The molecule has 0 aliphatic heterocycles. The summed E-state index contributed by atoms with van der Waals surface area (Å²) in [5, 5.41) is 2.59. The number of likely N-dealkylation sites (N-methyl/N-ethyl adjacent to an activating group) is 1. The van der Waals surface area contributed by atoms with Crippen LogP contribution in [0, 0.1) is 0 Å². The van der Waals surface area contributed by atoms with Gasteiger partial charge in [-0.1, -0.05) is 6.92 Å². The van der Waals surface area contributed by atoms with Gasteiger partial charge in [0, 0.05) is 19.8 Å². The lowest BCUT2D eigenvalue weighted by Crippen LogP contribution is -2.36. The van der Waals surface area contributed by atoms with Gasteiger partial charge in [0.05, 0.1) is 18.7 Å². The predicted molar refractivity (Wildman–Crippen MR) is 76.8 cm³/mol. The summed E-state index contributed by atoms with van der Waals surface area (Å²) >= 11 is 0. The third-order valence-electron chi connectivity index (χ3n) is 2.69. The molecule has 20 heavy (non-hydrogen) atoms. The summed E-state index contributed by atoms with van der Waals surface area (Å²) in [4.78, 5) is 29.1. The van der Waals surface area contributed by atoms with Gasteiger partial charge in [-0.2, -0.15) is 0 Å². The van der Waals surface area contributed by atoms with Crippen molar-refractivity contribution in [2.75, 3.05) is 31.6 Å². The van der Waals surface area contributed by atoms with E-state index in [-0.39, 0.29) is 18.4 Å². The van der Waals surface area contributed by atoms with Crippen molar-refractivity contribution in [3.63, 3.8) is 0 Å². The highest BCUT2D eigenvalue weighted by atomic mass is 16.5. The van der Waals surface area contributed by atoms with Gasteiger partial charge < -0.3 is 15.0 Å². The number of carbonyl (C=O) groups excluding carboxylic acids is 2. The number of pyridine rings is 1. The van der Waals surface area contributed by atoms with Gasteiger partial charge in [-0.15, -0.1) is 0 Å². The van der Waals surface area contributed by atoms with Crippen molar-refractivity contribution in [1.82, 2.24) is 10.3 Å². The van der Waals surface area contributed by atoms with Gasteiger partial charge in [0.1, 0.15) is 5.82 Å². The van der Waals surface area contributed by atoms with Crippen molar-refractivity contribution in [2.45, 2.75) is 20.3 Å². The van der Waals surface area contributed by atoms with Gasteiger partial charge in [-0.05, 0) is 25.5 Å². The minimum atomic E-state index is -0.389. The van der Waals surface area contributed by atoms with Gasteiger partial charge >= 0.3 is 5.97 Å². The van der Waals surface area contributed by atoms with Crippen molar-refractivity contribution >= 4 is 17.7 Å². The molecule has 0 saturated carbocycles. The van der Waals surface area contributed by atoms with Crippen LogP contribution in [0.15, 0.2) is 18.3 Å². The fraction of sp³-hybridized carbons (Fsp3) is 0.500. The number of aromatic nitrogens is 1. The Kier molecular flexibility index (Phi) is 6.49. The van der Waals surface area contributed by atoms with E-state index in [1.165, 1.54) is 6.20 Å². The fourth-order valence-electron chi connectivity index (χ4n) is 1.71. The number of rotatable bonds is 7. The smallest absolute Gasteiger partial charge is 0.339 e. The monoisotopic (exact) mass is 279 g/mol. The minimum Gasteiger partial charge on any atom is -0.462 e. The average Bonchev–Trinajstić information content (AvgIpc) is 2.47. The van der Waals surface area contributed by atoms with Crippen LogP contribution >= 0.6 is 0 Å². The zero-order valence-corrected chi connectivity index (χ0v) is 12.2. The molecule has 1 aromatic rings.